The Kier molecular flexibility index (Phi) is 7.42. The van der Waals surface area contributed by atoms with Crippen molar-refractivity contribution in [2.24, 2.45) is 0 Å². The number of halogens is 3. The summed E-state index contributed by atoms with van der Waals surface area (Å²) in [5.74, 6) is -0.459. The van der Waals surface area contributed by atoms with Gasteiger partial charge in [0.25, 0.3) is 5.91 Å². The van der Waals surface area contributed by atoms with E-state index >= 15 is 0 Å². The van der Waals surface area contributed by atoms with Gasteiger partial charge in [-0.3, -0.25) is 14.5 Å². The highest BCUT2D eigenvalue weighted by Gasteiger charge is 2.26. The first-order valence-electron chi connectivity index (χ1n) is 9.53. The molecule has 158 valence electrons. The van der Waals surface area contributed by atoms with Crippen molar-refractivity contribution in [3.05, 3.63) is 80.1 Å². The van der Waals surface area contributed by atoms with Crippen LogP contribution in [0.1, 0.15) is 35.0 Å². The van der Waals surface area contributed by atoms with Gasteiger partial charge in [-0.15, -0.1) is 12.4 Å². The maximum atomic E-state index is 12.7. The number of nitrogens with one attached hydrogen (secondary N) is 1. The Bertz CT molecular complexity index is 1110. The average molecular weight is 468 g/mol. The molecule has 2 heterocycles. The predicted molar refractivity (Wildman–Crippen MR) is 122 cm³/mol. The van der Waals surface area contributed by atoms with E-state index < -0.39 is 5.91 Å². The zero-order valence-electron chi connectivity index (χ0n) is 16.1. The third kappa shape index (κ3) is 4.81. The Morgan fingerprint density at radius 3 is 2.57 bits per heavy atom. The van der Waals surface area contributed by atoms with Gasteiger partial charge in [0, 0.05) is 22.7 Å². The lowest BCUT2D eigenvalue weighted by atomic mass is 10.1. The van der Waals surface area contributed by atoms with Gasteiger partial charge in [0.1, 0.15) is 5.58 Å². The molecule has 1 aliphatic heterocycles. The Hall–Kier alpha value is -2.05. The zero-order valence-corrected chi connectivity index (χ0v) is 18.4. The Balaban J connectivity index is 0.00000256. The molecule has 0 bridgehead atoms. The first kappa shape index (κ1) is 22.6. The van der Waals surface area contributed by atoms with E-state index in [0.717, 1.165) is 31.5 Å². The standard InChI is InChI=1S/C22H20Cl2N2O3.ClH/c23-14-7-8-20-16(11-14)19(27)12-21(29-20)22(28)25-13-18(26-9-3-4-10-26)15-5-1-2-6-17(15)24;/h1-2,5-8,11-12,18H,3-4,9-10,13H2,(H,25,28);1H. The topological polar surface area (TPSA) is 62.6 Å². The number of carbonyl (C=O) groups is 1. The second kappa shape index (κ2) is 9.84. The van der Waals surface area contributed by atoms with Crippen LogP contribution in [0.3, 0.4) is 0 Å². The highest BCUT2D eigenvalue weighted by molar-refractivity contribution is 6.31. The van der Waals surface area contributed by atoms with Crippen LogP contribution in [0.2, 0.25) is 10.0 Å². The number of amides is 1. The summed E-state index contributed by atoms with van der Waals surface area (Å²) in [7, 11) is 0. The molecule has 1 amide bonds. The van der Waals surface area contributed by atoms with E-state index in [1.807, 2.05) is 24.3 Å². The van der Waals surface area contributed by atoms with Crippen LogP contribution in [-0.4, -0.2) is 30.4 Å². The normalized spacial score (nSPS) is 15.0. The highest BCUT2D eigenvalue weighted by Crippen LogP contribution is 2.29. The van der Waals surface area contributed by atoms with Gasteiger partial charge in [0.2, 0.25) is 0 Å². The number of benzene rings is 2. The fourth-order valence-electron chi connectivity index (χ4n) is 3.75. The van der Waals surface area contributed by atoms with Gasteiger partial charge < -0.3 is 9.73 Å². The van der Waals surface area contributed by atoms with Gasteiger partial charge in [-0.05, 0) is 55.8 Å². The molecule has 0 saturated carbocycles. The van der Waals surface area contributed by atoms with E-state index in [1.54, 1.807) is 12.1 Å². The molecule has 4 rings (SSSR count). The van der Waals surface area contributed by atoms with Crippen LogP contribution in [0.15, 0.2) is 57.7 Å². The lowest BCUT2D eigenvalue weighted by molar-refractivity contribution is 0.0910. The molecule has 3 aromatic rings. The lowest BCUT2D eigenvalue weighted by Crippen LogP contribution is -2.37. The number of nitrogens with zero attached hydrogens (tertiary/aromatic N) is 1. The summed E-state index contributed by atoms with van der Waals surface area (Å²) in [5, 5.41) is 4.37. The second-order valence-electron chi connectivity index (χ2n) is 7.11. The molecule has 8 heteroatoms. The molecule has 0 radical (unpaired) electrons. The van der Waals surface area contributed by atoms with Crippen molar-refractivity contribution in [3.8, 4) is 0 Å². The summed E-state index contributed by atoms with van der Waals surface area (Å²) in [6.07, 6.45) is 2.24. The molecule has 0 aliphatic carbocycles. The SMILES string of the molecule is Cl.O=C(NCC(c1ccccc1Cl)N1CCCC1)c1cc(=O)c2cc(Cl)ccc2o1. The van der Waals surface area contributed by atoms with Crippen molar-refractivity contribution in [3.63, 3.8) is 0 Å². The third-order valence-electron chi connectivity index (χ3n) is 5.21. The Labute approximate surface area is 190 Å². The maximum absolute atomic E-state index is 12.7. The van der Waals surface area contributed by atoms with Crippen LogP contribution < -0.4 is 10.7 Å². The van der Waals surface area contributed by atoms with E-state index in [2.05, 4.69) is 10.2 Å². The Morgan fingerprint density at radius 1 is 1.10 bits per heavy atom. The van der Waals surface area contributed by atoms with Gasteiger partial charge >= 0.3 is 0 Å². The fourth-order valence-corrected chi connectivity index (χ4v) is 4.19. The van der Waals surface area contributed by atoms with Crippen molar-refractivity contribution in [2.75, 3.05) is 19.6 Å². The van der Waals surface area contributed by atoms with E-state index in [0.29, 0.717) is 27.6 Å². The summed E-state index contributed by atoms with van der Waals surface area (Å²) >= 11 is 12.4. The lowest BCUT2D eigenvalue weighted by Gasteiger charge is -2.28. The summed E-state index contributed by atoms with van der Waals surface area (Å²) in [5.41, 5.74) is 1.00. The van der Waals surface area contributed by atoms with E-state index in [9.17, 15) is 9.59 Å². The van der Waals surface area contributed by atoms with Gasteiger partial charge in [0.05, 0.1) is 11.4 Å². The number of rotatable bonds is 5. The minimum atomic E-state index is -0.435. The van der Waals surface area contributed by atoms with Crippen molar-refractivity contribution in [1.82, 2.24) is 10.2 Å². The van der Waals surface area contributed by atoms with E-state index in [4.69, 9.17) is 27.6 Å². The first-order chi connectivity index (χ1) is 14.0. The molecule has 0 spiro atoms. The largest absolute Gasteiger partial charge is 0.451 e. The maximum Gasteiger partial charge on any atom is 0.287 e. The third-order valence-corrected chi connectivity index (χ3v) is 5.79. The predicted octanol–water partition coefficient (Wildman–Crippen LogP) is 5.09. The smallest absolute Gasteiger partial charge is 0.287 e. The monoisotopic (exact) mass is 466 g/mol. The summed E-state index contributed by atoms with van der Waals surface area (Å²) in [6.45, 7) is 2.28. The van der Waals surface area contributed by atoms with Crippen LogP contribution in [0.25, 0.3) is 11.0 Å². The van der Waals surface area contributed by atoms with Crippen molar-refractivity contribution >= 4 is 52.5 Å². The molecule has 1 aliphatic rings. The molecule has 1 aromatic heterocycles. The van der Waals surface area contributed by atoms with Gasteiger partial charge in [-0.1, -0.05) is 41.4 Å². The molecule has 5 nitrogen and oxygen atoms in total. The van der Waals surface area contributed by atoms with Crippen LogP contribution in [0, 0.1) is 0 Å². The summed E-state index contributed by atoms with van der Waals surface area (Å²) in [4.78, 5) is 27.4. The number of fused-ring (bicyclic) bond motifs is 1. The molecule has 1 unspecified atom stereocenters. The molecule has 2 aromatic carbocycles. The van der Waals surface area contributed by atoms with Crippen LogP contribution in [-0.2, 0) is 0 Å². The minimum absolute atomic E-state index is 0. The van der Waals surface area contributed by atoms with Crippen LogP contribution in [0.4, 0.5) is 0 Å². The van der Waals surface area contributed by atoms with E-state index in [-0.39, 0.29) is 29.6 Å². The number of likely N-dealkylation sites (tertiary alicyclic amines) is 1. The van der Waals surface area contributed by atoms with E-state index in [1.165, 1.54) is 12.1 Å². The Morgan fingerprint density at radius 2 is 1.83 bits per heavy atom. The number of hydrogen-bond donors (Lipinski definition) is 1. The zero-order chi connectivity index (χ0) is 20.4. The quantitative estimate of drug-likeness (QED) is 0.568. The molecule has 30 heavy (non-hydrogen) atoms. The molecule has 1 saturated heterocycles. The molecule has 1 N–H and O–H groups in total. The van der Waals surface area contributed by atoms with Crippen LogP contribution in [0.5, 0.6) is 0 Å². The molecule has 1 fully saturated rings. The van der Waals surface area contributed by atoms with Crippen molar-refractivity contribution in [2.45, 2.75) is 18.9 Å². The van der Waals surface area contributed by atoms with Crippen LogP contribution >= 0.6 is 35.6 Å². The molecule has 1 atom stereocenters. The van der Waals surface area contributed by atoms with Gasteiger partial charge in [-0.2, -0.15) is 0 Å². The van der Waals surface area contributed by atoms with Crippen molar-refractivity contribution in [1.29, 1.82) is 0 Å². The highest BCUT2D eigenvalue weighted by atomic mass is 35.5. The average Bonchev–Trinajstić information content (AvgIpc) is 3.24. The number of carbonyl (C=O) groups excluding carboxylic acids is 1. The van der Waals surface area contributed by atoms with Gasteiger partial charge in [0.15, 0.2) is 11.2 Å². The second-order valence-corrected chi connectivity index (χ2v) is 7.95. The first-order valence-corrected chi connectivity index (χ1v) is 10.3. The fraction of sp³-hybridized carbons (Fsp3) is 0.273. The summed E-state index contributed by atoms with van der Waals surface area (Å²) in [6, 6.07) is 13.6. The molecular weight excluding hydrogens is 447 g/mol. The summed E-state index contributed by atoms with van der Waals surface area (Å²) < 4.78 is 5.64. The number of hydrogen-bond acceptors (Lipinski definition) is 4. The van der Waals surface area contributed by atoms with Gasteiger partial charge in [-0.25, -0.2) is 0 Å². The van der Waals surface area contributed by atoms with Crippen molar-refractivity contribution < 1.29 is 9.21 Å². The minimum Gasteiger partial charge on any atom is -0.451 e. The molecular formula is C22H21Cl3N2O3.